The van der Waals surface area contributed by atoms with Crippen LogP contribution in [0.5, 0.6) is 0 Å². The van der Waals surface area contributed by atoms with E-state index in [2.05, 4.69) is 26.2 Å². The molecule has 16 heavy (non-hydrogen) atoms. The number of nitrogens with zero attached hydrogens (tertiary/aromatic N) is 1. The first-order valence-electron chi connectivity index (χ1n) is 5.26. The normalized spacial score (nSPS) is 17.2. The van der Waals surface area contributed by atoms with Crippen molar-refractivity contribution in [2.45, 2.75) is 19.3 Å². The molecule has 1 heterocycles. The molecule has 0 aromatic carbocycles. The van der Waals surface area contributed by atoms with Crippen molar-refractivity contribution in [1.29, 1.82) is 0 Å². The lowest BCUT2D eigenvalue weighted by atomic mass is 10.0. The smallest absolute Gasteiger partial charge is 0.140 e. The Labute approximate surface area is 114 Å². The van der Waals surface area contributed by atoms with Crippen LogP contribution in [0.25, 0.3) is 0 Å². The molecule has 1 aromatic heterocycles. The number of hydrogen-bond acceptors (Lipinski definition) is 2. The van der Waals surface area contributed by atoms with Crippen LogP contribution in [0.3, 0.4) is 0 Å². The van der Waals surface area contributed by atoms with E-state index in [1.165, 1.54) is 12.8 Å². The van der Waals surface area contributed by atoms with Gasteiger partial charge in [-0.15, -0.1) is 11.6 Å². The van der Waals surface area contributed by atoms with E-state index >= 15 is 0 Å². The van der Waals surface area contributed by atoms with Crippen LogP contribution in [0.15, 0.2) is 16.7 Å². The van der Waals surface area contributed by atoms with Crippen molar-refractivity contribution in [2.75, 3.05) is 17.7 Å². The molecule has 0 saturated heterocycles. The second kappa shape index (κ2) is 5.11. The van der Waals surface area contributed by atoms with E-state index in [0.29, 0.717) is 10.4 Å². The van der Waals surface area contributed by atoms with Gasteiger partial charge in [0.05, 0.1) is 9.50 Å². The van der Waals surface area contributed by atoms with Crippen LogP contribution in [-0.2, 0) is 0 Å². The molecular weight excluding hydrogens is 311 g/mol. The van der Waals surface area contributed by atoms with Gasteiger partial charge >= 0.3 is 0 Å². The highest BCUT2D eigenvalue weighted by atomic mass is 79.9. The Kier molecular flexibility index (Phi) is 3.98. The van der Waals surface area contributed by atoms with Gasteiger partial charge in [0.25, 0.3) is 0 Å². The maximum Gasteiger partial charge on any atom is 0.140 e. The minimum absolute atomic E-state index is 0.405. The summed E-state index contributed by atoms with van der Waals surface area (Å²) in [6.45, 7) is 0.937. The van der Waals surface area contributed by atoms with Gasteiger partial charge in [0.2, 0.25) is 0 Å². The van der Waals surface area contributed by atoms with Crippen LogP contribution in [0, 0.1) is 5.41 Å². The van der Waals surface area contributed by atoms with E-state index < -0.39 is 0 Å². The van der Waals surface area contributed by atoms with E-state index in [1.807, 2.05) is 6.07 Å². The van der Waals surface area contributed by atoms with E-state index in [4.69, 9.17) is 23.2 Å². The van der Waals surface area contributed by atoms with Crippen LogP contribution in [-0.4, -0.2) is 17.4 Å². The minimum atomic E-state index is 0.405. The van der Waals surface area contributed by atoms with Crippen molar-refractivity contribution in [2.24, 2.45) is 5.41 Å². The molecule has 0 aliphatic heterocycles. The van der Waals surface area contributed by atoms with E-state index in [9.17, 15) is 0 Å². The molecule has 5 heteroatoms. The summed E-state index contributed by atoms with van der Waals surface area (Å²) in [4.78, 5) is 4.25. The maximum atomic E-state index is 5.83. The van der Waals surface area contributed by atoms with Crippen LogP contribution in [0.1, 0.15) is 19.3 Å². The predicted molar refractivity (Wildman–Crippen MR) is 72.4 cm³/mol. The van der Waals surface area contributed by atoms with Gasteiger partial charge < -0.3 is 5.32 Å². The summed E-state index contributed by atoms with van der Waals surface area (Å²) >= 11 is 15.1. The molecule has 0 amide bonds. The lowest BCUT2D eigenvalue weighted by molar-refractivity contribution is 0.524. The Morgan fingerprint density at radius 2 is 2.25 bits per heavy atom. The van der Waals surface area contributed by atoms with Gasteiger partial charge in [0.15, 0.2) is 0 Å². The molecule has 2 rings (SSSR count). The van der Waals surface area contributed by atoms with Gasteiger partial charge in [-0.1, -0.05) is 11.6 Å². The lowest BCUT2D eigenvalue weighted by Gasteiger charge is -2.15. The van der Waals surface area contributed by atoms with Gasteiger partial charge in [0, 0.05) is 18.6 Å². The average Bonchev–Trinajstić information content (AvgIpc) is 2.98. The highest BCUT2D eigenvalue weighted by Gasteiger charge is 2.41. The Morgan fingerprint density at radius 1 is 1.50 bits per heavy atom. The third-order valence-electron chi connectivity index (χ3n) is 3.02. The van der Waals surface area contributed by atoms with Crippen molar-refractivity contribution in [1.82, 2.24) is 4.98 Å². The Bertz CT molecular complexity index is 380. The second-order valence-corrected chi connectivity index (χ2v) is 5.95. The molecule has 0 spiro atoms. The molecule has 1 fully saturated rings. The molecule has 1 N–H and O–H groups in total. The monoisotopic (exact) mass is 322 g/mol. The zero-order chi connectivity index (χ0) is 11.6. The Morgan fingerprint density at radius 3 is 2.81 bits per heavy atom. The molecule has 1 aliphatic rings. The Balaban J connectivity index is 1.94. The van der Waals surface area contributed by atoms with Gasteiger partial charge in [-0.25, -0.2) is 4.98 Å². The van der Waals surface area contributed by atoms with Crippen molar-refractivity contribution in [3.8, 4) is 0 Å². The fourth-order valence-corrected chi connectivity index (χ4v) is 2.89. The summed E-state index contributed by atoms with van der Waals surface area (Å²) < 4.78 is 0.904. The fourth-order valence-electron chi connectivity index (χ4n) is 1.71. The molecule has 0 radical (unpaired) electrons. The number of aromatic nitrogens is 1. The molecule has 0 unspecified atom stereocenters. The molecule has 0 bridgehead atoms. The molecule has 1 aliphatic carbocycles. The number of pyridine rings is 1. The largest absolute Gasteiger partial charge is 0.369 e. The predicted octanol–water partition coefficient (Wildman–Crippen LogP) is 4.32. The highest BCUT2D eigenvalue weighted by molar-refractivity contribution is 9.10. The molecule has 1 aromatic rings. The fraction of sp³-hybridized carbons (Fsp3) is 0.545. The highest BCUT2D eigenvalue weighted by Crippen LogP contribution is 2.49. The molecule has 0 atom stereocenters. The third kappa shape index (κ3) is 3.02. The first-order chi connectivity index (χ1) is 7.65. The summed E-state index contributed by atoms with van der Waals surface area (Å²) in [7, 11) is 0. The van der Waals surface area contributed by atoms with Gasteiger partial charge in [0.1, 0.15) is 5.82 Å². The van der Waals surface area contributed by atoms with Crippen LogP contribution >= 0.6 is 39.1 Å². The lowest BCUT2D eigenvalue weighted by Crippen LogP contribution is -2.16. The number of nitrogens with one attached hydrogen (secondary N) is 1. The van der Waals surface area contributed by atoms with Crippen LogP contribution in [0.4, 0.5) is 5.82 Å². The zero-order valence-corrected chi connectivity index (χ0v) is 11.9. The number of rotatable bonds is 5. The molecule has 2 nitrogen and oxygen atoms in total. The summed E-state index contributed by atoms with van der Waals surface area (Å²) in [6, 6.07) is 1.85. The summed E-state index contributed by atoms with van der Waals surface area (Å²) in [5, 5.41) is 3.99. The summed E-state index contributed by atoms with van der Waals surface area (Å²) in [6.07, 6.45) is 5.25. The molecule has 88 valence electrons. The first kappa shape index (κ1) is 12.5. The summed E-state index contributed by atoms with van der Waals surface area (Å²) in [5.74, 6) is 1.59. The minimum Gasteiger partial charge on any atom is -0.369 e. The topological polar surface area (TPSA) is 24.9 Å². The zero-order valence-electron chi connectivity index (χ0n) is 8.77. The van der Waals surface area contributed by atoms with E-state index in [-0.39, 0.29) is 0 Å². The van der Waals surface area contributed by atoms with Crippen LogP contribution in [0.2, 0.25) is 5.02 Å². The quantitative estimate of drug-likeness (QED) is 0.816. The molecule has 1 saturated carbocycles. The standard InChI is InChI=1S/C11H13BrCl2N2/c12-9-5-8(14)6-15-10(9)16-7-11(1-2-11)3-4-13/h5-6H,1-4,7H2,(H,15,16). The Hall–Kier alpha value is 0.01000. The average molecular weight is 324 g/mol. The third-order valence-corrected chi connectivity index (χ3v) is 4.02. The van der Waals surface area contributed by atoms with Crippen LogP contribution < -0.4 is 5.32 Å². The second-order valence-electron chi connectivity index (χ2n) is 4.28. The SMILES string of the molecule is ClCCC1(CNc2ncc(Cl)cc2Br)CC1. The van der Waals surface area contributed by atoms with Crippen molar-refractivity contribution >= 4 is 44.9 Å². The maximum absolute atomic E-state index is 5.83. The first-order valence-corrected chi connectivity index (χ1v) is 6.97. The number of hydrogen-bond donors (Lipinski definition) is 1. The summed E-state index contributed by atoms with van der Waals surface area (Å²) in [5.41, 5.74) is 0.405. The van der Waals surface area contributed by atoms with Gasteiger partial charge in [-0.05, 0) is 46.7 Å². The molecular formula is C11H13BrCl2N2. The van der Waals surface area contributed by atoms with E-state index in [0.717, 1.165) is 29.1 Å². The number of halogens is 3. The van der Waals surface area contributed by atoms with Crippen molar-refractivity contribution in [3.05, 3.63) is 21.8 Å². The number of anilines is 1. The van der Waals surface area contributed by atoms with Gasteiger partial charge in [-0.3, -0.25) is 0 Å². The van der Waals surface area contributed by atoms with Gasteiger partial charge in [-0.2, -0.15) is 0 Å². The van der Waals surface area contributed by atoms with Crippen molar-refractivity contribution < 1.29 is 0 Å². The van der Waals surface area contributed by atoms with Crippen molar-refractivity contribution in [3.63, 3.8) is 0 Å². The number of alkyl halides is 1. The van der Waals surface area contributed by atoms with E-state index in [1.54, 1.807) is 6.20 Å².